The van der Waals surface area contributed by atoms with Crippen molar-refractivity contribution < 1.29 is 8.78 Å². The lowest BCUT2D eigenvalue weighted by Crippen LogP contribution is -2.21. The second kappa shape index (κ2) is 5.40. The first-order valence-corrected chi connectivity index (χ1v) is 7.50. The number of rotatable bonds is 3. The molecule has 0 spiro atoms. The van der Waals surface area contributed by atoms with Crippen molar-refractivity contribution in [3.63, 3.8) is 0 Å². The Morgan fingerprint density at radius 2 is 2.00 bits per heavy atom. The van der Waals surface area contributed by atoms with Gasteiger partial charge in [-0.05, 0) is 49.4 Å². The summed E-state index contributed by atoms with van der Waals surface area (Å²) >= 11 is 0. The Balaban J connectivity index is 1.94. The molecule has 0 amide bonds. The van der Waals surface area contributed by atoms with Gasteiger partial charge in [0.1, 0.15) is 5.82 Å². The van der Waals surface area contributed by atoms with Crippen LogP contribution in [0.4, 0.5) is 20.7 Å². The van der Waals surface area contributed by atoms with E-state index in [4.69, 9.17) is 5.73 Å². The van der Waals surface area contributed by atoms with E-state index in [9.17, 15) is 8.78 Å². The quantitative estimate of drug-likeness (QED) is 0.909. The van der Waals surface area contributed by atoms with Gasteiger partial charge < -0.3 is 11.1 Å². The molecule has 2 aromatic rings. The number of hydrogen-bond donors (Lipinski definition) is 2. The number of benzene rings is 1. The Labute approximate surface area is 133 Å². The fourth-order valence-electron chi connectivity index (χ4n) is 2.89. The Bertz CT molecular complexity index is 742. The molecule has 0 radical (unpaired) electrons. The number of halogens is 2. The number of nitrogens with one attached hydrogen (secondary N) is 1. The Hall–Kier alpha value is -2.31. The molecule has 0 saturated carbocycles. The van der Waals surface area contributed by atoms with Crippen LogP contribution in [-0.4, -0.2) is 15.0 Å². The summed E-state index contributed by atoms with van der Waals surface area (Å²) in [5.41, 5.74) is 5.89. The summed E-state index contributed by atoms with van der Waals surface area (Å²) in [4.78, 5) is 12.0. The van der Waals surface area contributed by atoms with Gasteiger partial charge in [0.15, 0.2) is 11.5 Å². The molecule has 1 aliphatic rings. The molecule has 7 heteroatoms. The van der Waals surface area contributed by atoms with Crippen molar-refractivity contribution in [1.29, 1.82) is 0 Å². The summed E-state index contributed by atoms with van der Waals surface area (Å²) < 4.78 is 27.6. The van der Waals surface area contributed by atoms with Crippen LogP contribution in [0.25, 0.3) is 0 Å². The maximum absolute atomic E-state index is 14.1. The molecule has 1 aromatic heterocycles. The molecule has 122 valence electrons. The number of hydrogen-bond acceptors (Lipinski definition) is 5. The second-order valence-electron chi connectivity index (χ2n) is 6.46. The minimum absolute atomic E-state index is 0.0300. The van der Waals surface area contributed by atoms with Crippen LogP contribution >= 0.6 is 0 Å². The third-order valence-corrected chi connectivity index (χ3v) is 4.02. The number of fused-ring (bicyclic) bond motifs is 1. The van der Waals surface area contributed by atoms with Crippen LogP contribution in [-0.2, 0) is 12.1 Å². The summed E-state index contributed by atoms with van der Waals surface area (Å²) in [6.07, 6.45) is 0.829. The number of nitrogens with zero attached hydrogens (tertiary/aromatic N) is 3. The van der Waals surface area contributed by atoms with Crippen LogP contribution in [0.15, 0.2) is 18.2 Å². The fourth-order valence-corrected chi connectivity index (χ4v) is 2.89. The number of alkyl halides is 1. The molecule has 3 rings (SSSR count). The van der Waals surface area contributed by atoms with Crippen molar-refractivity contribution in [3.05, 3.63) is 41.0 Å². The first-order chi connectivity index (χ1) is 10.7. The van der Waals surface area contributed by atoms with E-state index in [-0.39, 0.29) is 35.5 Å². The lowest BCUT2D eigenvalue weighted by atomic mass is 10.0. The van der Waals surface area contributed by atoms with Crippen molar-refractivity contribution >= 4 is 11.9 Å². The van der Waals surface area contributed by atoms with E-state index in [1.165, 1.54) is 26.0 Å². The van der Waals surface area contributed by atoms with Crippen molar-refractivity contribution in [2.45, 2.75) is 38.9 Å². The summed E-state index contributed by atoms with van der Waals surface area (Å²) in [6.45, 7) is 4.77. The molecule has 1 heterocycles. The molecule has 2 atom stereocenters. The smallest absolute Gasteiger partial charge is 0.228 e. The first-order valence-electron chi connectivity index (χ1n) is 7.50. The first kappa shape index (κ1) is 15.6. The van der Waals surface area contributed by atoms with Crippen LogP contribution in [0.5, 0.6) is 0 Å². The molecule has 0 fully saturated rings. The molecular weight excluding hydrogens is 300 g/mol. The monoisotopic (exact) mass is 319 g/mol. The van der Waals surface area contributed by atoms with Gasteiger partial charge in [-0.15, -0.1) is 0 Å². The standard InChI is InChI=1S/C16H19F2N5/c1-8-6-9-4-5-10(17)7-11(9)12(8)20-15-22-13(16(2,3)18)21-14(19)23-15/h4-5,7-8,12H,6H2,1-3H3,(H3,19,20,21,22,23)/t8-,12-/m1/s1. The summed E-state index contributed by atoms with van der Waals surface area (Å²) in [7, 11) is 0. The van der Waals surface area contributed by atoms with Crippen molar-refractivity contribution in [2.24, 2.45) is 5.92 Å². The van der Waals surface area contributed by atoms with Gasteiger partial charge in [-0.25, -0.2) is 8.78 Å². The van der Waals surface area contributed by atoms with E-state index in [0.717, 1.165) is 17.5 Å². The average molecular weight is 319 g/mol. The van der Waals surface area contributed by atoms with Gasteiger partial charge in [-0.2, -0.15) is 15.0 Å². The minimum atomic E-state index is -1.72. The fraction of sp³-hybridized carbons (Fsp3) is 0.438. The van der Waals surface area contributed by atoms with Gasteiger partial charge in [0.2, 0.25) is 11.9 Å². The van der Waals surface area contributed by atoms with Gasteiger partial charge in [-0.3, -0.25) is 0 Å². The highest BCUT2D eigenvalue weighted by Gasteiger charge is 2.31. The normalized spacial score (nSPS) is 20.4. The van der Waals surface area contributed by atoms with Crippen LogP contribution in [0.1, 0.15) is 43.8 Å². The molecule has 23 heavy (non-hydrogen) atoms. The zero-order valence-corrected chi connectivity index (χ0v) is 13.3. The van der Waals surface area contributed by atoms with Crippen LogP contribution in [0, 0.1) is 11.7 Å². The Morgan fingerprint density at radius 3 is 2.70 bits per heavy atom. The Kier molecular flexibility index (Phi) is 3.66. The highest BCUT2D eigenvalue weighted by atomic mass is 19.1. The van der Waals surface area contributed by atoms with Crippen LogP contribution in [0.3, 0.4) is 0 Å². The molecule has 1 aromatic carbocycles. The van der Waals surface area contributed by atoms with E-state index in [1.54, 1.807) is 6.07 Å². The number of nitrogens with two attached hydrogens (primary N) is 1. The molecule has 0 saturated heterocycles. The van der Waals surface area contributed by atoms with E-state index in [0.29, 0.717) is 0 Å². The van der Waals surface area contributed by atoms with Gasteiger partial charge in [0, 0.05) is 0 Å². The SMILES string of the molecule is C[C@@H]1Cc2ccc(F)cc2[C@@H]1Nc1nc(N)nc(C(C)(C)F)n1. The predicted molar refractivity (Wildman–Crippen MR) is 84.0 cm³/mol. The van der Waals surface area contributed by atoms with Gasteiger partial charge in [0.05, 0.1) is 6.04 Å². The van der Waals surface area contributed by atoms with E-state index < -0.39 is 5.67 Å². The second-order valence-corrected chi connectivity index (χ2v) is 6.46. The topological polar surface area (TPSA) is 76.7 Å². The Morgan fingerprint density at radius 1 is 1.26 bits per heavy atom. The average Bonchev–Trinajstić information content (AvgIpc) is 2.73. The van der Waals surface area contributed by atoms with E-state index in [2.05, 4.69) is 27.2 Å². The molecule has 1 aliphatic carbocycles. The predicted octanol–water partition coefficient (Wildman–Crippen LogP) is 3.14. The summed E-state index contributed by atoms with van der Waals surface area (Å²) in [5, 5.41) is 3.15. The highest BCUT2D eigenvalue weighted by Crippen LogP contribution is 2.38. The largest absolute Gasteiger partial charge is 0.368 e. The van der Waals surface area contributed by atoms with Gasteiger partial charge in [0.25, 0.3) is 0 Å². The molecule has 0 bridgehead atoms. The van der Waals surface area contributed by atoms with E-state index >= 15 is 0 Å². The van der Waals surface area contributed by atoms with Crippen molar-refractivity contribution in [2.75, 3.05) is 11.1 Å². The lowest BCUT2D eigenvalue weighted by Gasteiger charge is -2.20. The number of anilines is 2. The molecule has 3 N–H and O–H groups in total. The molecular formula is C16H19F2N5. The molecule has 5 nitrogen and oxygen atoms in total. The van der Waals surface area contributed by atoms with Crippen molar-refractivity contribution in [1.82, 2.24) is 15.0 Å². The summed E-state index contributed by atoms with van der Waals surface area (Å²) in [5.74, 6) is 0.0650. The third kappa shape index (κ3) is 3.09. The zero-order chi connectivity index (χ0) is 16.8. The zero-order valence-electron chi connectivity index (χ0n) is 13.3. The molecule has 0 unspecified atom stereocenters. The van der Waals surface area contributed by atoms with Crippen molar-refractivity contribution in [3.8, 4) is 0 Å². The highest BCUT2D eigenvalue weighted by molar-refractivity contribution is 5.43. The van der Waals surface area contributed by atoms with Gasteiger partial charge >= 0.3 is 0 Å². The third-order valence-electron chi connectivity index (χ3n) is 4.02. The number of nitrogen functional groups attached to an aromatic ring is 1. The van der Waals surface area contributed by atoms with Crippen LogP contribution < -0.4 is 11.1 Å². The maximum Gasteiger partial charge on any atom is 0.228 e. The minimum Gasteiger partial charge on any atom is -0.368 e. The van der Waals surface area contributed by atoms with Gasteiger partial charge in [-0.1, -0.05) is 13.0 Å². The molecule has 0 aliphatic heterocycles. The summed E-state index contributed by atoms with van der Waals surface area (Å²) in [6, 6.07) is 4.61. The lowest BCUT2D eigenvalue weighted by molar-refractivity contribution is 0.206. The van der Waals surface area contributed by atoms with E-state index in [1.807, 2.05) is 0 Å². The van der Waals surface area contributed by atoms with Crippen LogP contribution in [0.2, 0.25) is 0 Å². The maximum atomic E-state index is 14.1. The number of aromatic nitrogens is 3.